The highest BCUT2D eigenvalue weighted by Gasteiger charge is 2.21. The predicted octanol–water partition coefficient (Wildman–Crippen LogP) is 4.01. The lowest BCUT2D eigenvalue weighted by molar-refractivity contribution is -0.149. The van der Waals surface area contributed by atoms with Gasteiger partial charge in [-0.25, -0.2) is 0 Å². The maximum atomic E-state index is 11.3. The molecular formula is C15H29NO2. The molecule has 106 valence electrons. The van der Waals surface area contributed by atoms with Gasteiger partial charge < -0.3 is 4.74 Å². The van der Waals surface area contributed by atoms with Crippen LogP contribution in [0, 0.1) is 5.92 Å². The molecule has 3 nitrogen and oxygen atoms in total. The second kappa shape index (κ2) is 10.1. The Labute approximate surface area is 112 Å². The third-order valence-corrected chi connectivity index (χ3v) is 3.27. The van der Waals surface area contributed by atoms with Crippen LogP contribution in [0.3, 0.4) is 0 Å². The van der Waals surface area contributed by atoms with E-state index < -0.39 is 0 Å². The minimum absolute atomic E-state index is 0.0719. The number of carbonyl (C=O) groups excluding carboxylic acids is 1. The van der Waals surface area contributed by atoms with E-state index in [1.807, 2.05) is 13.8 Å². The van der Waals surface area contributed by atoms with Crippen molar-refractivity contribution in [1.82, 2.24) is 0 Å². The van der Waals surface area contributed by atoms with Crippen LogP contribution < -0.4 is 0 Å². The van der Waals surface area contributed by atoms with Crippen LogP contribution in [0.5, 0.6) is 0 Å². The number of nitrogens with zero attached hydrogens (tertiary/aromatic N) is 1. The van der Waals surface area contributed by atoms with Gasteiger partial charge in [-0.05, 0) is 26.7 Å². The molecular weight excluding hydrogens is 226 g/mol. The first-order valence-corrected chi connectivity index (χ1v) is 7.27. The lowest BCUT2D eigenvalue weighted by Gasteiger charge is -2.22. The van der Waals surface area contributed by atoms with Crippen LogP contribution in [0.2, 0.25) is 0 Å². The molecule has 0 rings (SSSR count). The van der Waals surface area contributed by atoms with Gasteiger partial charge >= 0.3 is 5.97 Å². The summed E-state index contributed by atoms with van der Waals surface area (Å²) in [6.07, 6.45) is 4.92. The van der Waals surface area contributed by atoms with Crippen molar-refractivity contribution in [2.75, 3.05) is 6.54 Å². The molecule has 0 aromatic carbocycles. The topological polar surface area (TPSA) is 38.7 Å². The van der Waals surface area contributed by atoms with Crippen molar-refractivity contribution in [1.29, 1.82) is 0 Å². The van der Waals surface area contributed by atoms with Gasteiger partial charge in [0, 0.05) is 24.6 Å². The quantitative estimate of drug-likeness (QED) is 0.355. The lowest BCUT2D eigenvalue weighted by atomic mass is 9.95. The van der Waals surface area contributed by atoms with Gasteiger partial charge in [0.15, 0.2) is 0 Å². The van der Waals surface area contributed by atoms with Crippen molar-refractivity contribution in [2.45, 2.75) is 72.8 Å². The number of hydrogen-bond acceptors (Lipinski definition) is 3. The molecule has 0 aromatic heterocycles. The van der Waals surface area contributed by atoms with E-state index in [1.165, 1.54) is 12.8 Å². The van der Waals surface area contributed by atoms with Crippen molar-refractivity contribution in [3.8, 4) is 0 Å². The van der Waals surface area contributed by atoms with E-state index in [9.17, 15) is 4.79 Å². The van der Waals surface area contributed by atoms with Gasteiger partial charge in [-0.3, -0.25) is 9.79 Å². The Balaban J connectivity index is 4.31. The number of unbranched alkanes of at least 4 members (excludes halogenated alkanes) is 2. The van der Waals surface area contributed by atoms with E-state index in [0.29, 0.717) is 6.42 Å². The summed E-state index contributed by atoms with van der Waals surface area (Å²) in [6.45, 7) is 11.0. The molecule has 2 unspecified atom stereocenters. The largest absolute Gasteiger partial charge is 0.462 e. The predicted molar refractivity (Wildman–Crippen MR) is 77.1 cm³/mol. The average Bonchev–Trinajstić information content (AvgIpc) is 2.35. The van der Waals surface area contributed by atoms with E-state index in [2.05, 4.69) is 25.8 Å². The summed E-state index contributed by atoms with van der Waals surface area (Å²) in [6, 6.07) is 0. The number of aliphatic imine (C=N–C) groups is 1. The van der Waals surface area contributed by atoms with Gasteiger partial charge in [-0.15, -0.1) is 0 Å². The Morgan fingerprint density at radius 2 is 1.89 bits per heavy atom. The first kappa shape index (κ1) is 17.1. The maximum absolute atomic E-state index is 11.3. The van der Waals surface area contributed by atoms with Crippen LogP contribution in [0.15, 0.2) is 4.99 Å². The molecule has 3 heteroatoms. The first-order valence-electron chi connectivity index (χ1n) is 7.27. The monoisotopic (exact) mass is 255 g/mol. The fourth-order valence-corrected chi connectivity index (χ4v) is 2.07. The molecule has 2 atom stereocenters. The maximum Gasteiger partial charge on any atom is 0.305 e. The second-order valence-electron chi connectivity index (χ2n) is 4.79. The number of ether oxygens (including phenoxy) is 1. The zero-order valence-electron chi connectivity index (χ0n) is 12.7. The zero-order chi connectivity index (χ0) is 14.0. The van der Waals surface area contributed by atoms with Gasteiger partial charge in [-0.1, -0.05) is 33.6 Å². The molecule has 0 amide bonds. The van der Waals surface area contributed by atoms with Crippen LogP contribution in [0.25, 0.3) is 0 Å². The fourth-order valence-electron chi connectivity index (χ4n) is 2.07. The van der Waals surface area contributed by atoms with Gasteiger partial charge in [-0.2, -0.15) is 0 Å². The molecule has 0 spiro atoms. The van der Waals surface area contributed by atoms with Gasteiger partial charge in [0.2, 0.25) is 0 Å². The van der Waals surface area contributed by atoms with E-state index in [1.54, 1.807) is 0 Å². The number of hydrogen-bond donors (Lipinski definition) is 0. The highest BCUT2D eigenvalue weighted by Crippen LogP contribution is 2.15. The van der Waals surface area contributed by atoms with Crippen LogP contribution >= 0.6 is 0 Å². The summed E-state index contributed by atoms with van der Waals surface area (Å²) in [5.74, 6) is 0.127. The van der Waals surface area contributed by atoms with Crippen LogP contribution in [-0.4, -0.2) is 24.3 Å². The number of carbonyl (C=O) groups is 1. The SMILES string of the molecule is CCCCCN=C(C)C(CC)C(C)OC(=O)CC. The average molecular weight is 255 g/mol. The summed E-state index contributed by atoms with van der Waals surface area (Å²) < 4.78 is 5.38. The second-order valence-corrected chi connectivity index (χ2v) is 4.79. The molecule has 0 saturated heterocycles. The Morgan fingerprint density at radius 1 is 1.22 bits per heavy atom. The summed E-state index contributed by atoms with van der Waals surface area (Å²) in [5, 5.41) is 0. The van der Waals surface area contributed by atoms with Crippen LogP contribution in [-0.2, 0) is 9.53 Å². The number of rotatable bonds is 9. The molecule has 0 aromatic rings. The summed E-state index contributed by atoms with van der Waals surface area (Å²) in [4.78, 5) is 15.9. The third-order valence-electron chi connectivity index (χ3n) is 3.27. The van der Waals surface area contributed by atoms with Crippen molar-refractivity contribution >= 4 is 11.7 Å². The lowest BCUT2D eigenvalue weighted by Crippen LogP contribution is -2.28. The first-order chi connectivity index (χ1) is 8.56. The molecule has 0 saturated carbocycles. The standard InChI is InChI=1S/C15H29NO2/c1-6-9-10-11-16-12(4)14(7-2)13(5)18-15(17)8-3/h13-14H,6-11H2,1-5H3. The van der Waals surface area contributed by atoms with Crippen LogP contribution in [0.4, 0.5) is 0 Å². The fraction of sp³-hybridized carbons (Fsp3) is 0.867. The Bertz CT molecular complexity index is 261. The van der Waals surface area contributed by atoms with E-state index in [4.69, 9.17) is 4.74 Å². The van der Waals surface area contributed by atoms with E-state index in [-0.39, 0.29) is 18.0 Å². The highest BCUT2D eigenvalue weighted by atomic mass is 16.5. The minimum atomic E-state index is -0.125. The van der Waals surface area contributed by atoms with Gasteiger partial charge in [0.1, 0.15) is 6.10 Å². The molecule has 0 N–H and O–H groups in total. The Kier molecular flexibility index (Phi) is 9.62. The minimum Gasteiger partial charge on any atom is -0.462 e. The molecule has 0 radical (unpaired) electrons. The normalized spacial score (nSPS) is 15.3. The highest BCUT2D eigenvalue weighted by molar-refractivity contribution is 5.85. The van der Waals surface area contributed by atoms with Crippen molar-refractivity contribution in [3.05, 3.63) is 0 Å². The third kappa shape index (κ3) is 6.77. The zero-order valence-corrected chi connectivity index (χ0v) is 12.7. The molecule has 0 fully saturated rings. The summed E-state index contributed by atoms with van der Waals surface area (Å²) in [5.41, 5.74) is 1.12. The van der Waals surface area contributed by atoms with Crippen molar-refractivity contribution in [3.63, 3.8) is 0 Å². The summed E-state index contributed by atoms with van der Waals surface area (Å²) in [7, 11) is 0. The molecule has 18 heavy (non-hydrogen) atoms. The van der Waals surface area contributed by atoms with Gasteiger partial charge in [0.05, 0.1) is 0 Å². The Hall–Kier alpha value is -0.860. The molecule has 0 bridgehead atoms. The number of esters is 1. The molecule has 0 aliphatic rings. The smallest absolute Gasteiger partial charge is 0.305 e. The molecule has 0 aliphatic heterocycles. The molecule has 0 heterocycles. The van der Waals surface area contributed by atoms with Crippen molar-refractivity contribution in [2.24, 2.45) is 10.9 Å². The Morgan fingerprint density at radius 3 is 2.39 bits per heavy atom. The summed E-state index contributed by atoms with van der Waals surface area (Å²) >= 11 is 0. The molecule has 0 aliphatic carbocycles. The van der Waals surface area contributed by atoms with E-state index >= 15 is 0 Å². The van der Waals surface area contributed by atoms with Crippen LogP contribution in [0.1, 0.15) is 66.7 Å². The van der Waals surface area contributed by atoms with Gasteiger partial charge in [0.25, 0.3) is 0 Å². The van der Waals surface area contributed by atoms with E-state index in [0.717, 1.165) is 25.1 Å². The van der Waals surface area contributed by atoms with Crippen molar-refractivity contribution < 1.29 is 9.53 Å².